The number of piperazine rings is 1. The molecule has 0 spiro atoms. The summed E-state index contributed by atoms with van der Waals surface area (Å²) in [6.45, 7) is 2.87. The highest BCUT2D eigenvalue weighted by Gasteiger charge is 2.38. The van der Waals surface area contributed by atoms with E-state index in [4.69, 9.17) is 0 Å². The first-order chi connectivity index (χ1) is 8.97. The smallest absolute Gasteiger partial charge is 0.369 e. The van der Waals surface area contributed by atoms with Gasteiger partial charge in [-0.3, -0.25) is 4.90 Å². The van der Waals surface area contributed by atoms with Crippen LogP contribution in [0.4, 0.5) is 18.9 Å². The maximum atomic E-state index is 12.5. The molecule has 1 aliphatic heterocycles. The van der Waals surface area contributed by atoms with Gasteiger partial charge >= 0.3 is 6.18 Å². The van der Waals surface area contributed by atoms with E-state index in [0.717, 1.165) is 18.8 Å². The number of alkyl halides is 4. The Morgan fingerprint density at radius 3 is 2.16 bits per heavy atom. The van der Waals surface area contributed by atoms with E-state index in [1.54, 1.807) is 0 Å². The number of para-hydroxylation sites is 1. The molecule has 1 fully saturated rings. The Balaban J connectivity index is 1.83. The van der Waals surface area contributed by atoms with Crippen molar-refractivity contribution >= 4 is 21.6 Å². The average molecular weight is 337 g/mol. The molecule has 1 unspecified atom stereocenters. The SMILES string of the molecule is FC(F)(F)C(Br)CN1CCN(c2ccccc2)CC1. The van der Waals surface area contributed by atoms with Crippen LogP contribution in [0.2, 0.25) is 0 Å². The number of anilines is 1. The normalized spacial score (nSPS) is 19.5. The summed E-state index contributed by atoms with van der Waals surface area (Å²) in [5.74, 6) is 0. The number of halogens is 4. The second-order valence-electron chi connectivity index (χ2n) is 4.63. The molecule has 0 aromatic heterocycles. The lowest BCUT2D eigenvalue weighted by Crippen LogP contribution is -2.49. The molecular formula is C13H16BrF3N2. The van der Waals surface area contributed by atoms with Gasteiger partial charge in [-0.1, -0.05) is 34.1 Å². The molecule has 2 nitrogen and oxygen atoms in total. The van der Waals surface area contributed by atoms with Crippen molar-refractivity contribution < 1.29 is 13.2 Å². The van der Waals surface area contributed by atoms with Crippen molar-refractivity contribution in [3.63, 3.8) is 0 Å². The Morgan fingerprint density at radius 2 is 1.63 bits per heavy atom. The Labute approximate surface area is 119 Å². The van der Waals surface area contributed by atoms with Crippen molar-refractivity contribution in [3.8, 4) is 0 Å². The van der Waals surface area contributed by atoms with E-state index in [0.29, 0.717) is 13.1 Å². The zero-order chi connectivity index (χ0) is 13.9. The Morgan fingerprint density at radius 1 is 1.05 bits per heavy atom. The molecule has 0 radical (unpaired) electrons. The first-order valence-electron chi connectivity index (χ1n) is 6.20. The van der Waals surface area contributed by atoms with Gasteiger partial charge in [-0.2, -0.15) is 13.2 Å². The van der Waals surface area contributed by atoms with E-state index in [2.05, 4.69) is 20.8 Å². The van der Waals surface area contributed by atoms with Gasteiger partial charge in [-0.25, -0.2) is 0 Å². The molecule has 0 N–H and O–H groups in total. The fourth-order valence-electron chi connectivity index (χ4n) is 2.16. The summed E-state index contributed by atoms with van der Waals surface area (Å²) in [6.07, 6.45) is -4.17. The number of nitrogens with zero attached hydrogens (tertiary/aromatic N) is 2. The topological polar surface area (TPSA) is 6.48 Å². The molecule has 106 valence electrons. The van der Waals surface area contributed by atoms with E-state index in [1.807, 2.05) is 35.2 Å². The highest BCUT2D eigenvalue weighted by atomic mass is 79.9. The molecule has 1 atom stereocenters. The third-order valence-electron chi connectivity index (χ3n) is 3.27. The molecule has 1 aromatic carbocycles. The zero-order valence-corrected chi connectivity index (χ0v) is 12.0. The first-order valence-corrected chi connectivity index (χ1v) is 7.11. The highest BCUT2D eigenvalue weighted by Crippen LogP contribution is 2.27. The second-order valence-corrected chi connectivity index (χ2v) is 5.74. The standard InChI is InChI=1S/C13H16BrF3N2/c14-12(13(15,16)17)10-18-6-8-19(9-7-18)11-4-2-1-3-5-11/h1-5,12H,6-10H2. The summed E-state index contributed by atoms with van der Waals surface area (Å²) in [5.41, 5.74) is 1.13. The van der Waals surface area contributed by atoms with Gasteiger partial charge in [0.1, 0.15) is 4.83 Å². The van der Waals surface area contributed by atoms with E-state index < -0.39 is 11.0 Å². The number of hydrogen-bond donors (Lipinski definition) is 0. The van der Waals surface area contributed by atoms with Gasteiger partial charge in [0, 0.05) is 38.4 Å². The molecule has 0 bridgehead atoms. The largest absolute Gasteiger partial charge is 0.402 e. The Kier molecular flexibility index (Phi) is 4.73. The van der Waals surface area contributed by atoms with Crippen LogP contribution in [0, 0.1) is 0 Å². The minimum Gasteiger partial charge on any atom is -0.369 e. The molecular weight excluding hydrogens is 321 g/mol. The van der Waals surface area contributed by atoms with E-state index in [-0.39, 0.29) is 6.54 Å². The van der Waals surface area contributed by atoms with Gasteiger partial charge in [0.2, 0.25) is 0 Å². The Hall–Kier alpha value is -0.750. The lowest BCUT2D eigenvalue weighted by Gasteiger charge is -2.37. The minimum atomic E-state index is -4.17. The van der Waals surface area contributed by atoms with Crippen LogP contribution in [0.3, 0.4) is 0 Å². The monoisotopic (exact) mass is 336 g/mol. The summed E-state index contributed by atoms with van der Waals surface area (Å²) in [4.78, 5) is 2.61. The molecule has 1 saturated heterocycles. The molecule has 1 heterocycles. The highest BCUT2D eigenvalue weighted by molar-refractivity contribution is 9.09. The quantitative estimate of drug-likeness (QED) is 0.782. The zero-order valence-electron chi connectivity index (χ0n) is 10.4. The fraction of sp³-hybridized carbons (Fsp3) is 0.538. The minimum absolute atomic E-state index is 0.0200. The molecule has 0 amide bonds. The van der Waals surface area contributed by atoms with Gasteiger partial charge in [0.25, 0.3) is 0 Å². The lowest BCUT2D eigenvalue weighted by molar-refractivity contribution is -0.130. The first kappa shape index (κ1) is 14.7. The van der Waals surface area contributed by atoms with Crippen molar-refractivity contribution in [3.05, 3.63) is 30.3 Å². The van der Waals surface area contributed by atoms with Gasteiger partial charge in [0.15, 0.2) is 0 Å². The van der Waals surface area contributed by atoms with Crippen LogP contribution in [0.1, 0.15) is 0 Å². The average Bonchev–Trinajstić information content (AvgIpc) is 2.39. The number of rotatable bonds is 3. The number of benzene rings is 1. The van der Waals surface area contributed by atoms with E-state index in [1.165, 1.54) is 0 Å². The maximum absolute atomic E-state index is 12.5. The Bertz CT molecular complexity index is 389. The third-order valence-corrected chi connectivity index (χ3v) is 4.08. The van der Waals surface area contributed by atoms with E-state index in [9.17, 15) is 13.2 Å². The van der Waals surface area contributed by atoms with Gasteiger partial charge in [-0.05, 0) is 12.1 Å². The summed E-state index contributed by atoms with van der Waals surface area (Å²) in [6, 6.07) is 9.95. The maximum Gasteiger partial charge on any atom is 0.402 e. The lowest BCUT2D eigenvalue weighted by atomic mass is 10.2. The van der Waals surface area contributed by atoms with Crippen molar-refractivity contribution in [2.45, 2.75) is 11.0 Å². The van der Waals surface area contributed by atoms with E-state index >= 15 is 0 Å². The van der Waals surface area contributed by atoms with Crippen molar-refractivity contribution in [2.75, 3.05) is 37.6 Å². The summed E-state index contributed by atoms with van der Waals surface area (Å²) in [7, 11) is 0. The van der Waals surface area contributed by atoms with Crippen LogP contribution in [0.25, 0.3) is 0 Å². The van der Waals surface area contributed by atoms with Crippen LogP contribution in [-0.4, -0.2) is 48.6 Å². The van der Waals surface area contributed by atoms with Crippen LogP contribution < -0.4 is 4.90 Å². The second kappa shape index (κ2) is 6.13. The van der Waals surface area contributed by atoms with Crippen LogP contribution in [0.15, 0.2) is 30.3 Å². The van der Waals surface area contributed by atoms with Crippen molar-refractivity contribution in [1.82, 2.24) is 4.90 Å². The molecule has 19 heavy (non-hydrogen) atoms. The molecule has 6 heteroatoms. The van der Waals surface area contributed by atoms with Gasteiger partial charge < -0.3 is 4.90 Å². The van der Waals surface area contributed by atoms with Gasteiger partial charge in [0.05, 0.1) is 0 Å². The fourth-order valence-corrected chi connectivity index (χ4v) is 2.57. The predicted molar refractivity (Wildman–Crippen MR) is 73.9 cm³/mol. The van der Waals surface area contributed by atoms with Crippen LogP contribution >= 0.6 is 15.9 Å². The molecule has 2 rings (SSSR count). The summed E-state index contributed by atoms with van der Waals surface area (Å²) in [5, 5.41) is 0. The van der Waals surface area contributed by atoms with Crippen molar-refractivity contribution in [2.24, 2.45) is 0 Å². The molecule has 1 aliphatic rings. The summed E-state index contributed by atoms with van der Waals surface area (Å²) >= 11 is 2.71. The number of hydrogen-bond acceptors (Lipinski definition) is 2. The molecule has 0 aliphatic carbocycles. The molecule has 0 saturated carbocycles. The van der Waals surface area contributed by atoms with Crippen molar-refractivity contribution in [1.29, 1.82) is 0 Å². The third kappa shape index (κ3) is 4.11. The summed E-state index contributed by atoms with van der Waals surface area (Å²) < 4.78 is 37.4. The predicted octanol–water partition coefficient (Wildman–Crippen LogP) is 3.13. The molecule has 1 aromatic rings. The van der Waals surface area contributed by atoms with Crippen LogP contribution in [-0.2, 0) is 0 Å². The van der Waals surface area contributed by atoms with Gasteiger partial charge in [-0.15, -0.1) is 0 Å². The van der Waals surface area contributed by atoms with Crippen LogP contribution in [0.5, 0.6) is 0 Å².